The molecular formula is C27H37BrN2O4. The van der Waals surface area contributed by atoms with Crippen LogP contribution in [0.1, 0.15) is 50.9 Å². The fraction of sp³-hybridized carbons (Fsp3) is 0.481. The normalized spacial score (nSPS) is 11.1. The predicted octanol–water partition coefficient (Wildman–Crippen LogP) is 2.21. The van der Waals surface area contributed by atoms with Gasteiger partial charge in [0, 0.05) is 5.39 Å². The van der Waals surface area contributed by atoms with Crippen LogP contribution in [-0.4, -0.2) is 30.7 Å². The number of nitrogens with zero attached hydrogens (tertiary/aromatic N) is 2. The van der Waals surface area contributed by atoms with Gasteiger partial charge >= 0.3 is 0 Å². The molecule has 0 amide bonds. The summed E-state index contributed by atoms with van der Waals surface area (Å²) in [4.78, 5) is 13.5. The number of Topliss-reactive ketones (excluding diaryl/α,β-unsaturated/α-hetero) is 1. The van der Waals surface area contributed by atoms with Crippen molar-refractivity contribution < 1.29 is 40.6 Å². The van der Waals surface area contributed by atoms with Gasteiger partial charge in [-0.1, -0.05) is 39.8 Å². The third-order valence-electron chi connectivity index (χ3n) is 5.60. The van der Waals surface area contributed by atoms with Crippen molar-refractivity contribution in [1.29, 1.82) is 0 Å². The fourth-order valence-electron chi connectivity index (χ4n) is 3.67. The molecule has 0 saturated heterocycles. The highest BCUT2D eigenvalue weighted by Crippen LogP contribution is 2.42. The Hall–Kier alpha value is -2.54. The average molecular weight is 534 g/mol. The summed E-state index contributed by atoms with van der Waals surface area (Å²) in [5.41, 5.74) is 0.520. The van der Waals surface area contributed by atoms with Crippen LogP contribution in [0, 0.1) is 11.8 Å². The van der Waals surface area contributed by atoms with E-state index in [1.165, 1.54) is 0 Å². The molecule has 186 valence electrons. The zero-order chi connectivity index (χ0) is 24.0. The second-order valence-electron chi connectivity index (χ2n) is 9.37. The van der Waals surface area contributed by atoms with E-state index < -0.39 is 0 Å². The molecule has 0 spiro atoms. The van der Waals surface area contributed by atoms with E-state index in [0.29, 0.717) is 47.9 Å². The Kier molecular flexibility index (Phi) is 10.4. The molecule has 34 heavy (non-hydrogen) atoms. The van der Waals surface area contributed by atoms with Gasteiger partial charge in [0.2, 0.25) is 12.1 Å². The van der Waals surface area contributed by atoms with E-state index in [0.717, 1.165) is 23.6 Å². The summed E-state index contributed by atoms with van der Waals surface area (Å²) in [5, 5.41) is 1.67. The Morgan fingerprint density at radius 2 is 1.71 bits per heavy atom. The highest BCUT2D eigenvalue weighted by Gasteiger charge is 2.24. The van der Waals surface area contributed by atoms with Crippen LogP contribution in [0.15, 0.2) is 43.0 Å². The number of aromatic nitrogens is 2. The van der Waals surface area contributed by atoms with Crippen molar-refractivity contribution in [3.05, 3.63) is 48.5 Å². The van der Waals surface area contributed by atoms with Crippen molar-refractivity contribution in [3.63, 3.8) is 0 Å². The number of ether oxygens (including phenoxy) is 3. The zero-order valence-electron chi connectivity index (χ0n) is 21.1. The molecule has 2 aromatic carbocycles. The van der Waals surface area contributed by atoms with E-state index in [9.17, 15) is 4.79 Å². The first kappa shape index (κ1) is 27.7. The number of carbonyl (C=O) groups excluding carboxylic acids is 1. The minimum Gasteiger partial charge on any atom is -1.00 e. The molecule has 0 unspecified atom stereocenters. The highest BCUT2D eigenvalue weighted by atomic mass is 79.9. The molecule has 7 heteroatoms. The van der Waals surface area contributed by atoms with Crippen molar-refractivity contribution >= 4 is 16.6 Å². The van der Waals surface area contributed by atoms with E-state index in [1.54, 1.807) is 7.11 Å². The van der Waals surface area contributed by atoms with Gasteiger partial charge in [-0.15, -0.1) is 0 Å². The number of aryl methyl sites for hydroxylation is 1. The predicted molar refractivity (Wildman–Crippen MR) is 130 cm³/mol. The van der Waals surface area contributed by atoms with Crippen molar-refractivity contribution in [3.8, 4) is 17.2 Å². The summed E-state index contributed by atoms with van der Waals surface area (Å²) in [7, 11) is 3.57. The van der Waals surface area contributed by atoms with Gasteiger partial charge in [0.1, 0.15) is 29.6 Å². The number of halogens is 1. The quantitative estimate of drug-likeness (QED) is 0.265. The van der Waals surface area contributed by atoms with Gasteiger partial charge in [-0.25, -0.2) is 9.13 Å². The smallest absolute Gasteiger partial charge is 0.243 e. The molecule has 6 nitrogen and oxygen atoms in total. The second-order valence-corrected chi connectivity index (χ2v) is 9.37. The van der Waals surface area contributed by atoms with Gasteiger partial charge in [0.15, 0.2) is 6.54 Å². The molecule has 3 rings (SSSR count). The molecular weight excluding hydrogens is 496 g/mol. The van der Waals surface area contributed by atoms with E-state index in [4.69, 9.17) is 14.2 Å². The maximum absolute atomic E-state index is 13.5. The molecule has 0 saturated carbocycles. The van der Waals surface area contributed by atoms with Crippen molar-refractivity contribution in [1.82, 2.24) is 4.57 Å². The zero-order valence-corrected chi connectivity index (χ0v) is 22.7. The van der Waals surface area contributed by atoms with Crippen LogP contribution in [0.2, 0.25) is 0 Å². The Morgan fingerprint density at radius 1 is 1.03 bits per heavy atom. The first-order chi connectivity index (χ1) is 15.8. The molecule has 1 heterocycles. The lowest BCUT2D eigenvalue weighted by Crippen LogP contribution is -3.00. The van der Waals surface area contributed by atoms with Crippen LogP contribution in [0.3, 0.4) is 0 Å². The van der Waals surface area contributed by atoms with Crippen LogP contribution in [0.25, 0.3) is 10.8 Å². The number of benzene rings is 2. The number of ketones is 1. The second kappa shape index (κ2) is 12.8. The van der Waals surface area contributed by atoms with E-state index in [1.807, 2.05) is 59.2 Å². The van der Waals surface area contributed by atoms with Crippen molar-refractivity contribution in [2.75, 3.05) is 20.3 Å². The van der Waals surface area contributed by atoms with Gasteiger partial charge in [-0.3, -0.25) is 4.79 Å². The highest BCUT2D eigenvalue weighted by molar-refractivity contribution is 6.08. The van der Waals surface area contributed by atoms with Crippen LogP contribution in [0.4, 0.5) is 0 Å². The van der Waals surface area contributed by atoms with Crippen LogP contribution in [0.5, 0.6) is 17.2 Å². The molecule has 0 bridgehead atoms. The number of carbonyl (C=O) groups is 1. The number of fused-ring (bicyclic) bond motifs is 1. The van der Waals surface area contributed by atoms with Gasteiger partial charge in [-0.05, 0) is 36.8 Å². The lowest BCUT2D eigenvalue weighted by atomic mass is 10.00. The fourth-order valence-corrected chi connectivity index (χ4v) is 3.67. The Balaban J connectivity index is 0.00000408. The summed E-state index contributed by atoms with van der Waals surface area (Å²) in [6.45, 7) is 9.98. The lowest BCUT2D eigenvalue weighted by Gasteiger charge is -2.19. The number of methoxy groups -OCH3 is 1. The molecule has 0 aliphatic carbocycles. The summed E-state index contributed by atoms with van der Waals surface area (Å²) in [6.07, 6.45) is 7.51. The molecule has 0 atom stereocenters. The molecule has 0 N–H and O–H groups in total. The SMILES string of the molecule is COc1cccc2c(OCCC(C)C)cc(C(=O)Cn3cc[n+](C)c3)c(OCCC(C)C)c12.[Br-]. The monoisotopic (exact) mass is 532 g/mol. The van der Waals surface area contributed by atoms with Crippen LogP contribution < -0.4 is 35.8 Å². The minimum absolute atomic E-state index is 0. The number of hydrogen-bond donors (Lipinski definition) is 0. The number of imidazole rings is 1. The average Bonchev–Trinajstić information content (AvgIpc) is 3.17. The molecule has 0 radical (unpaired) electrons. The molecule has 0 aliphatic rings. The van der Waals surface area contributed by atoms with Gasteiger partial charge in [-0.2, -0.15) is 0 Å². The topological polar surface area (TPSA) is 53.6 Å². The lowest BCUT2D eigenvalue weighted by molar-refractivity contribution is -0.671. The maximum atomic E-state index is 13.5. The van der Waals surface area contributed by atoms with E-state index in [2.05, 4.69) is 27.7 Å². The number of rotatable bonds is 12. The standard InChI is InChI=1S/C27H37N2O4.BrH/c1-19(2)10-14-32-25-16-22(23(30)17-29-13-12-28(5)18-29)27(33-15-11-20(3)4)26-21(25)8-7-9-24(26)31-6;/h7-9,12-13,16,18-20H,10-11,14-15,17H2,1-6H3;1H/q+1;/p-1. The van der Waals surface area contributed by atoms with Crippen LogP contribution in [-0.2, 0) is 13.6 Å². The van der Waals surface area contributed by atoms with Gasteiger partial charge < -0.3 is 31.2 Å². The first-order valence-electron chi connectivity index (χ1n) is 11.7. The van der Waals surface area contributed by atoms with E-state index in [-0.39, 0.29) is 29.3 Å². The Morgan fingerprint density at radius 3 is 2.29 bits per heavy atom. The largest absolute Gasteiger partial charge is 1.00 e. The maximum Gasteiger partial charge on any atom is 0.243 e. The summed E-state index contributed by atoms with van der Waals surface area (Å²) < 4.78 is 22.0. The van der Waals surface area contributed by atoms with Crippen molar-refractivity contribution in [2.24, 2.45) is 18.9 Å². The summed E-state index contributed by atoms with van der Waals surface area (Å²) >= 11 is 0. The van der Waals surface area contributed by atoms with Gasteiger partial charge in [0.25, 0.3) is 0 Å². The molecule has 0 fully saturated rings. The molecule has 1 aromatic heterocycles. The van der Waals surface area contributed by atoms with Crippen molar-refractivity contribution in [2.45, 2.75) is 47.1 Å². The van der Waals surface area contributed by atoms with Gasteiger partial charge in [0.05, 0.1) is 38.3 Å². The Labute approximate surface area is 213 Å². The molecule has 3 aromatic rings. The van der Waals surface area contributed by atoms with Crippen LogP contribution >= 0.6 is 0 Å². The van der Waals surface area contributed by atoms with E-state index >= 15 is 0 Å². The first-order valence-corrected chi connectivity index (χ1v) is 11.7. The molecule has 0 aliphatic heterocycles. The summed E-state index contributed by atoms with van der Waals surface area (Å²) in [6, 6.07) is 7.68. The third-order valence-corrected chi connectivity index (χ3v) is 5.60. The Bertz CT molecular complexity index is 1090. The minimum atomic E-state index is -0.0349. The third kappa shape index (κ3) is 6.98. The summed E-state index contributed by atoms with van der Waals surface area (Å²) in [5.74, 6) is 2.91. The number of hydrogen-bond acceptors (Lipinski definition) is 4.